The maximum atomic E-state index is 11.1. The Hall–Kier alpha value is -2.41. The average Bonchev–Trinajstić information content (AvgIpc) is 2.76. The van der Waals surface area contributed by atoms with Crippen molar-refractivity contribution in [3.8, 4) is 5.75 Å². The fraction of sp³-hybridized carbons (Fsp3) is 0.381. The first kappa shape index (κ1) is 19.4. The normalized spacial score (nSPS) is 16.3. The molecule has 0 aliphatic carbocycles. The van der Waals surface area contributed by atoms with Crippen molar-refractivity contribution in [3.05, 3.63) is 64.7 Å². The zero-order valence-electron chi connectivity index (χ0n) is 15.6. The molecule has 0 aromatic heterocycles. The van der Waals surface area contributed by atoms with Crippen LogP contribution >= 0.6 is 0 Å². The van der Waals surface area contributed by atoms with Crippen molar-refractivity contribution in [1.29, 1.82) is 0 Å². The van der Waals surface area contributed by atoms with Crippen LogP contribution < -0.4 is 4.74 Å². The van der Waals surface area contributed by atoms with Gasteiger partial charge in [0.1, 0.15) is 12.4 Å². The Balaban J connectivity index is 2.02. The minimum Gasteiger partial charge on any atom is -0.489 e. The van der Waals surface area contributed by atoms with Crippen LogP contribution in [0.2, 0.25) is 0 Å². The molecule has 3 rings (SSSR count). The number of benzene rings is 2. The average molecular weight is 371 g/mol. The number of fused-ring (bicyclic) bond motifs is 2. The van der Waals surface area contributed by atoms with Crippen LogP contribution in [0.15, 0.2) is 42.5 Å². The Bertz CT molecular complexity index is 831. The van der Waals surface area contributed by atoms with Gasteiger partial charge in [0.15, 0.2) is 0 Å². The van der Waals surface area contributed by atoms with Gasteiger partial charge in [0.25, 0.3) is 0 Å². The van der Waals surface area contributed by atoms with Gasteiger partial charge in [0.05, 0.1) is 6.42 Å². The van der Waals surface area contributed by atoms with Crippen LogP contribution in [0, 0.1) is 0 Å². The number of carboxylic acids is 1. The van der Waals surface area contributed by atoms with Crippen LogP contribution in [0.4, 0.5) is 0 Å². The topological polar surface area (TPSA) is 90.2 Å². The Labute approximate surface area is 158 Å². The van der Waals surface area contributed by atoms with E-state index < -0.39 is 11.9 Å². The van der Waals surface area contributed by atoms with Crippen molar-refractivity contribution in [2.75, 3.05) is 14.1 Å². The summed E-state index contributed by atoms with van der Waals surface area (Å²) in [5.41, 5.74) is 3.69. The van der Waals surface area contributed by atoms with Gasteiger partial charge in [-0.3, -0.25) is 9.69 Å². The first-order chi connectivity index (χ1) is 12.8. The number of hydrogen-bond acceptors (Lipinski definition) is 5. The third-order valence-electron chi connectivity index (χ3n) is 5.10. The largest absolute Gasteiger partial charge is 0.489 e. The van der Waals surface area contributed by atoms with Gasteiger partial charge in [-0.2, -0.15) is 0 Å². The van der Waals surface area contributed by atoms with Gasteiger partial charge >= 0.3 is 5.97 Å². The van der Waals surface area contributed by atoms with Crippen LogP contribution in [0.25, 0.3) is 0 Å². The van der Waals surface area contributed by atoms with E-state index in [-0.39, 0.29) is 18.8 Å². The van der Waals surface area contributed by atoms with E-state index >= 15 is 0 Å². The molecule has 0 bridgehead atoms. The summed E-state index contributed by atoms with van der Waals surface area (Å²) >= 11 is 0. The lowest BCUT2D eigenvalue weighted by Crippen LogP contribution is -2.44. The molecule has 2 aromatic carbocycles. The maximum Gasteiger partial charge on any atom is 0.307 e. The highest BCUT2D eigenvalue weighted by atomic mass is 16.5. The number of aliphatic carboxylic acids is 1. The van der Waals surface area contributed by atoms with E-state index in [1.807, 2.05) is 36.4 Å². The zero-order chi connectivity index (χ0) is 19.6. The quantitative estimate of drug-likeness (QED) is 0.675. The molecule has 6 nitrogen and oxygen atoms in total. The van der Waals surface area contributed by atoms with Crippen molar-refractivity contribution in [1.82, 2.24) is 4.90 Å². The summed E-state index contributed by atoms with van der Waals surface area (Å²) in [6.45, 7) is 0.426. The number of carboxylic acid groups (broad SMARTS) is 1. The monoisotopic (exact) mass is 371 g/mol. The smallest absolute Gasteiger partial charge is 0.307 e. The number of ether oxygens (including phenoxy) is 1. The fourth-order valence-corrected chi connectivity index (χ4v) is 3.49. The molecular formula is C21H25NO5. The van der Waals surface area contributed by atoms with Gasteiger partial charge in [-0.25, -0.2) is 0 Å². The van der Waals surface area contributed by atoms with E-state index in [0.29, 0.717) is 24.3 Å². The van der Waals surface area contributed by atoms with Crippen molar-refractivity contribution in [3.63, 3.8) is 0 Å². The molecule has 1 atom stereocenters. The molecule has 0 saturated carbocycles. The lowest BCUT2D eigenvalue weighted by molar-refractivity contribution is -0.253. The third kappa shape index (κ3) is 4.30. The molecule has 6 heteroatoms. The Morgan fingerprint density at radius 2 is 1.93 bits per heavy atom. The highest BCUT2D eigenvalue weighted by molar-refractivity contribution is 5.70. The maximum absolute atomic E-state index is 11.1. The van der Waals surface area contributed by atoms with Crippen LogP contribution in [0.1, 0.15) is 41.0 Å². The number of aliphatic hydroxyl groups is 2. The molecule has 2 aromatic rings. The van der Waals surface area contributed by atoms with Crippen molar-refractivity contribution in [2.45, 2.75) is 37.7 Å². The van der Waals surface area contributed by atoms with Gasteiger partial charge in [-0.15, -0.1) is 0 Å². The second-order valence-electron chi connectivity index (χ2n) is 7.19. The molecule has 1 aliphatic rings. The highest BCUT2D eigenvalue weighted by Crippen LogP contribution is 2.41. The Morgan fingerprint density at radius 3 is 2.63 bits per heavy atom. The summed E-state index contributed by atoms with van der Waals surface area (Å²) in [6, 6.07) is 13.4. The number of hydrogen-bond donors (Lipinski definition) is 3. The number of rotatable bonds is 6. The molecule has 1 aliphatic heterocycles. The number of nitrogens with zero attached hydrogens (tertiary/aromatic N) is 1. The minimum absolute atomic E-state index is 0.0662. The van der Waals surface area contributed by atoms with Crippen LogP contribution in [0.3, 0.4) is 0 Å². The minimum atomic E-state index is -1.92. The SMILES string of the molecule is CN(C)C(O)(O)CCC1c2ccccc2COc2ccc(CC(=O)O)cc21. The summed E-state index contributed by atoms with van der Waals surface area (Å²) < 4.78 is 5.96. The predicted octanol–water partition coefficient (Wildman–Crippen LogP) is 2.32. The first-order valence-corrected chi connectivity index (χ1v) is 8.95. The first-order valence-electron chi connectivity index (χ1n) is 8.95. The Morgan fingerprint density at radius 1 is 1.19 bits per heavy atom. The van der Waals surface area contributed by atoms with Crippen LogP contribution in [-0.4, -0.2) is 46.2 Å². The number of carbonyl (C=O) groups is 1. The second-order valence-corrected chi connectivity index (χ2v) is 7.19. The molecule has 3 N–H and O–H groups in total. The summed E-state index contributed by atoms with van der Waals surface area (Å²) in [5, 5.41) is 29.6. The molecule has 27 heavy (non-hydrogen) atoms. The van der Waals surface area contributed by atoms with Crippen molar-refractivity contribution < 1.29 is 24.9 Å². The zero-order valence-corrected chi connectivity index (χ0v) is 15.6. The summed E-state index contributed by atoms with van der Waals surface area (Å²) in [4.78, 5) is 12.5. The molecule has 1 unspecified atom stereocenters. The lowest BCUT2D eigenvalue weighted by atomic mass is 9.84. The van der Waals surface area contributed by atoms with Crippen molar-refractivity contribution >= 4 is 5.97 Å². The molecule has 0 saturated heterocycles. The van der Waals surface area contributed by atoms with Gasteiger partial charge in [0, 0.05) is 17.9 Å². The van der Waals surface area contributed by atoms with Gasteiger partial charge in [-0.05, 0) is 43.3 Å². The molecule has 0 amide bonds. The van der Waals surface area contributed by atoms with E-state index in [9.17, 15) is 15.0 Å². The second kappa shape index (κ2) is 7.68. The van der Waals surface area contributed by atoms with E-state index in [0.717, 1.165) is 16.7 Å². The van der Waals surface area contributed by atoms with Gasteiger partial charge in [-0.1, -0.05) is 36.4 Å². The molecular weight excluding hydrogens is 346 g/mol. The molecule has 1 heterocycles. The van der Waals surface area contributed by atoms with E-state index in [1.54, 1.807) is 20.2 Å². The predicted molar refractivity (Wildman–Crippen MR) is 100 cm³/mol. The van der Waals surface area contributed by atoms with Gasteiger partial charge < -0.3 is 20.1 Å². The Kier molecular flexibility index (Phi) is 5.51. The molecule has 0 fully saturated rings. The summed E-state index contributed by atoms with van der Waals surface area (Å²) in [7, 11) is 3.23. The van der Waals surface area contributed by atoms with E-state index in [2.05, 4.69) is 0 Å². The summed E-state index contributed by atoms with van der Waals surface area (Å²) in [5.74, 6) is -2.22. The van der Waals surface area contributed by atoms with Gasteiger partial charge in [0.2, 0.25) is 5.91 Å². The standard InChI is InChI=1S/C21H25NO5/c1-22(2)21(25,26)10-9-17-16-6-4-3-5-15(16)13-27-19-8-7-14(11-18(17)19)12-20(23)24/h3-8,11,17,25-26H,9-10,12-13H2,1-2H3,(H,23,24). The van der Waals surface area contributed by atoms with Crippen molar-refractivity contribution in [2.24, 2.45) is 0 Å². The molecule has 0 spiro atoms. The summed E-state index contributed by atoms with van der Waals surface area (Å²) in [6.07, 6.45) is 0.556. The fourth-order valence-electron chi connectivity index (χ4n) is 3.49. The van der Waals surface area contributed by atoms with E-state index in [1.165, 1.54) is 4.90 Å². The third-order valence-corrected chi connectivity index (χ3v) is 5.10. The highest BCUT2D eigenvalue weighted by Gasteiger charge is 2.31. The molecule has 144 valence electrons. The molecule has 0 radical (unpaired) electrons. The lowest BCUT2D eigenvalue weighted by Gasteiger charge is -2.30. The van der Waals surface area contributed by atoms with Crippen LogP contribution in [-0.2, 0) is 17.8 Å². The van der Waals surface area contributed by atoms with E-state index in [4.69, 9.17) is 9.84 Å². The van der Waals surface area contributed by atoms with Crippen LogP contribution in [0.5, 0.6) is 5.75 Å².